The second-order valence-corrected chi connectivity index (χ2v) is 5.75. The fraction of sp³-hybridized carbons (Fsp3) is 0.615. The molecule has 5 nitrogen and oxygen atoms in total. The van der Waals surface area contributed by atoms with E-state index >= 15 is 0 Å². The predicted molar refractivity (Wildman–Crippen MR) is 77.4 cm³/mol. The Morgan fingerprint density at radius 1 is 1.42 bits per heavy atom. The van der Waals surface area contributed by atoms with E-state index in [9.17, 15) is 9.59 Å². The second kappa shape index (κ2) is 7.35. The van der Waals surface area contributed by atoms with Crippen molar-refractivity contribution in [1.29, 1.82) is 0 Å². The third kappa shape index (κ3) is 5.48. The summed E-state index contributed by atoms with van der Waals surface area (Å²) in [6.07, 6.45) is 2.66. The fourth-order valence-corrected chi connectivity index (χ4v) is 2.35. The van der Waals surface area contributed by atoms with Gasteiger partial charge < -0.3 is 11.1 Å². The Labute approximate surface area is 117 Å². The van der Waals surface area contributed by atoms with Crippen molar-refractivity contribution in [2.75, 3.05) is 5.32 Å². The van der Waals surface area contributed by atoms with Crippen LogP contribution in [0.15, 0.2) is 5.38 Å². The van der Waals surface area contributed by atoms with Gasteiger partial charge in [-0.25, -0.2) is 4.98 Å². The molecule has 0 fully saturated rings. The monoisotopic (exact) mass is 283 g/mol. The molecular formula is C13H21N3O2S. The molecule has 2 atom stereocenters. The normalized spacial score (nSPS) is 13.9. The molecule has 0 bridgehead atoms. The van der Waals surface area contributed by atoms with Crippen molar-refractivity contribution in [2.45, 2.75) is 46.1 Å². The summed E-state index contributed by atoms with van der Waals surface area (Å²) in [5.41, 5.74) is 6.06. The molecule has 0 saturated heterocycles. The number of nitrogens with zero attached hydrogens (tertiary/aromatic N) is 1. The highest BCUT2D eigenvalue weighted by Crippen LogP contribution is 2.18. The number of ketones is 1. The molecule has 0 aliphatic carbocycles. The summed E-state index contributed by atoms with van der Waals surface area (Å²) in [5, 5.41) is 4.87. The largest absolute Gasteiger partial charge is 0.328 e. The van der Waals surface area contributed by atoms with E-state index in [4.69, 9.17) is 5.73 Å². The van der Waals surface area contributed by atoms with E-state index in [1.54, 1.807) is 5.38 Å². The van der Waals surface area contributed by atoms with Crippen molar-refractivity contribution in [1.82, 2.24) is 4.98 Å². The van der Waals surface area contributed by atoms with Crippen LogP contribution in [0.4, 0.5) is 5.13 Å². The number of hydrogen-bond acceptors (Lipinski definition) is 5. The van der Waals surface area contributed by atoms with E-state index in [0.29, 0.717) is 10.8 Å². The van der Waals surface area contributed by atoms with Gasteiger partial charge in [-0.15, -0.1) is 11.3 Å². The molecule has 1 heterocycles. The molecule has 1 rings (SSSR count). The number of carbonyl (C=O) groups excluding carboxylic acids is 2. The first-order valence-corrected chi connectivity index (χ1v) is 7.31. The lowest BCUT2D eigenvalue weighted by Crippen LogP contribution is -2.21. The average molecular weight is 283 g/mol. The summed E-state index contributed by atoms with van der Waals surface area (Å²) in [5.74, 6) is -0.237. The molecule has 1 aromatic rings. The van der Waals surface area contributed by atoms with Crippen LogP contribution in [0.25, 0.3) is 0 Å². The van der Waals surface area contributed by atoms with Crippen LogP contribution in [-0.2, 0) is 4.79 Å². The Balaban J connectivity index is 2.42. The molecule has 0 aromatic carbocycles. The molecule has 106 valence electrons. The van der Waals surface area contributed by atoms with E-state index in [0.717, 1.165) is 19.3 Å². The van der Waals surface area contributed by atoms with E-state index in [1.165, 1.54) is 18.3 Å². The first-order valence-electron chi connectivity index (χ1n) is 6.43. The zero-order valence-electron chi connectivity index (χ0n) is 11.6. The van der Waals surface area contributed by atoms with Gasteiger partial charge in [0, 0.05) is 24.3 Å². The zero-order valence-corrected chi connectivity index (χ0v) is 12.4. The number of nitrogens with two attached hydrogens (primary N) is 1. The molecule has 2 unspecified atom stereocenters. The number of thiazole rings is 1. The van der Waals surface area contributed by atoms with Gasteiger partial charge in [-0.3, -0.25) is 9.59 Å². The van der Waals surface area contributed by atoms with Crippen LogP contribution >= 0.6 is 11.3 Å². The first kappa shape index (κ1) is 15.8. The number of anilines is 1. The third-order valence-electron chi connectivity index (χ3n) is 2.84. The van der Waals surface area contributed by atoms with E-state index < -0.39 is 0 Å². The number of carbonyl (C=O) groups is 2. The predicted octanol–water partition coefficient (Wildman–Crippen LogP) is 2.44. The lowest BCUT2D eigenvalue weighted by molar-refractivity contribution is -0.119. The Hall–Kier alpha value is -1.27. The summed E-state index contributed by atoms with van der Waals surface area (Å²) < 4.78 is 0. The second-order valence-electron chi connectivity index (χ2n) is 4.89. The first-order chi connectivity index (χ1) is 8.90. The highest BCUT2D eigenvalue weighted by Gasteiger charge is 2.15. The molecule has 0 aliphatic heterocycles. The average Bonchev–Trinajstić information content (AvgIpc) is 2.76. The van der Waals surface area contributed by atoms with Gasteiger partial charge >= 0.3 is 0 Å². The molecule has 6 heteroatoms. The van der Waals surface area contributed by atoms with Crippen LogP contribution in [0, 0.1) is 5.92 Å². The van der Waals surface area contributed by atoms with Crippen LogP contribution in [0.3, 0.4) is 0 Å². The summed E-state index contributed by atoms with van der Waals surface area (Å²) >= 11 is 1.27. The highest BCUT2D eigenvalue weighted by molar-refractivity contribution is 7.14. The number of hydrogen-bond donors (Lipinski definition) is 2. The molecule has 1 amide bonds. The number of amides is 1. The maximum Gasteiger partial charge on any atom is 0.228 e. The molecule has 1 aromatic heterocycles. The van der Waals surface area contributed by atoms with Crippen LogP contribution in [0.2, 0.25) is 0 Å². The minimum absolute atomic E-state index is 0.0610. The Morgan fingerprint density at radius 2 is 2.11 bits per heavy atom. The molecule has 0 spiro atoms. The molecule has 3 N–H and O–H groups in total. The van der Waals surface area contributed by atoms with Crippen LogP contribution in [0.5, 0.6) is 0 Å². The summed E-state index contributed by atoms with van der Waals surface area (Å²) in [6.45, 7) is 5.30. The summed E-state index contributed by atoms with van der Waals surface area (Å²) in [6, 6.07) is 0.173. The quantitative estimate of drug-likeness (QED) is 0.753. The minimum atomic E-state index is -0.0956. The van der Waals surface area contributed by atoms with Gasteiger partial charge in [-0.05, 0) is 19.8 Å². The van der Waals surface area contributed by atoms with Crippen molar-refractivity contribution in [3.05, 3.63) is 11.1 Å². The maximum atomic E-state index is 11.9. The molecule has 0 aliphatic rings. The smallest absolute Gasteiger partial charge is 0.228 e. The minimum Gasteiger partial charge on any atom is -0.328 e. The standard InChI is InChI=1S/C13H21N3O2S/c1-8(5-4-6-9(2)14)12(18)16-13-15-11(7-19-13)10(3)17/h7-9H,4-6,14H2,1-3H3,(H,15,16,18). The van der Waals surface area contributed by atoms with Gasteiger partial charge in [0.15, 0.2) is 10.9 Å². The van der Waals surface area contributed by atoms with Gasteiger partial charge in [0.25, 0.3) is 0 Å². The highest BCUT2D eigenvalue weighted by atomic mass is 32.1. The number of aromatic nitrogens is 1. The van der Waals surface area contributed by atoms with Crippen molar-refractivity contribution in [3.8, 4) is 0 Å². The third-order valence-corrected chi connectivity index (χ3v) is 3.60. The van der Waals surface area contributed by atoms with Crippen LogP contribution in [0.1, 0.15) is 50.5 Å². The number of Topliss-reactive ketones (excluding diaryl/α,β-unsaturated/α-hetero) is 1. The lowest BCUT2D eigenvalue weighted by atomic mass is 10.0. The maximum absolute atomic E-state index is 11.9. The zero-order chi connectivity index (χ0) is 14.4. The number of nitrogens with one attached hydrogen (secondary N) is 1. The van der Waals surface area contributed by atoms with Crippen molar-refractivity contribution < 1.29 is 9.59 Å². The fourth-order valence-electron chi connectivity index (χ4n) is 1.60. The summed E-state index contributed by atoms with van der Waals surface area (Å²) in [7, 11) is 0. The van der Waals surface area contributed by atoms with Gasteiger partial charge in [-0.1, -0.05) is 13.3 Å². The van der Waals surface area contributed by atoms with Crippen molar-refractivity contribution >= 4 is 28.2 Å². The van der Waals surface area contributed by atoms with Crippen molar-refractivity contribution in [2.24, 2.45) is 11.7 Å². The van der Waals surface area contributed by atoms with Gasteiger partial charge in [0.2, 0.25) is 5.91 Å². The molecular weight excluding hydrogens is 262 g/mol. The SMILES string of the molecule is CC(=O)c1csc(NC(=O)C(C)CCCC(C)N)n1. The van der Waals surface area contributed by atoms with Crippen molar-refractivity contribution in [3.63, 3.8) is 0 Å². The van der Waals surface area contributed by atoms with Gasteiger partial charge in [-0.2, -0.15) is 0 Å². The Kier molecular flexibility index (Phi) is 6.11. The molecule has 0 saturated carbocycles. The summed E-state index contributed by atoms with van der Waals surface area (Å²) in [4.78, 5) is 27.1. The van der Waals surface area contributed by atoms with Gasteiger partial charge in [0.1, 0.15) is 5.69 Å². The van der Waals surface area contributed by atoms with E-state index in [-0.39, 0.29) is 23.7 Å². The number of rotatable bonds is 7. The molecule has 0 radical (unpaired) electrons. The van der Waals surface area contributed by atoms with Gasteiger partial charge in [0.05, 0.1) is 0 Å². The van der Waals surface area contributed by atoms with E-state index in [2.05, 4.69) is 10.3 Å². The lowest BCUT2D eigenvalue weighted by Gasteiger charge is -2.11. The topological polar surface area (TPSA) is 85.1 Å². The Bertz CT molecular complexity index is 443. The van der Waals surface area contributed by atoms with Crippen LogP contribution in [-0.4, -0.2) is 22.7 Å². The van der Waals surface area contributed by atoms with E-state index in [1.807, 2.05) is 13.8 Å². The molecule has 19 heavy (non-hydrogen) atoms. The van der Waals surface area contributed by atoms with Crippen LogP contribution < -0.4 is 11.1 Å². The Morgan fingerprint density at radius 3 is 2.63 bits per heavy atom.